The van der Waals surface area contributed by atoms with Gasteiger partial charge in [-0.15, -0.1) is 0 Å². The topological polar surface area (TPSA) is 58.4 Å². The molecule has 0 saturated carbocycles. The van der Waals surface area contributed by atoms with Gasteiger partial charge in [0, 0.05) is 12.6 Å². The molecule has 0 aliphatic rings. The first kappa shape index (κ1) is 14.4. The van der Waals surface area contributed by atoms with Crippen molar-refractivity contribution in [3.63, 3.8) is 0 Å². The molecule has 4 nitrogen and oxygen atoms in total. The van der Waals surface area contributed by atoms with Gasteiger partial charge in [0.15, 0.2) is 0 Å². The molecule has 1 rings (SSSR count). The quantitative estimate of drug-likeness (QED) is 0.616. The molecule has 100 valence electrons. The van der Waals surface area contributed by atoms with Crippen molar-refractivity contribution in [3.05, 3.63) is 29.3 Å². The predicted molar refractivity (Wildman–Crippen MR) is 66.3 cm³/mol. The van der Waals surface area contributed by atoms with Crippen molar-refractivity contribution < 1.29 is 13.6 Å². The molecule has 1 aromatic rings. The van der Waals surface area contributed by atoms with Gasteiger partial charge in [-0.3, -0.25) is 4.79 Å². The van der Waals surface area contributed by atoms with Gasteiger partial charge in [0.1, 0.15) is 11.6 Å². The number of halogens is 2. The number of rotatable bonds is 5. The molecule has 0 aromatic heterocycles. The second-order valence-electron chi connectivity index (χ2n) is 4.27. The SMILES string of the molecule is CN(C)CCCNC(=O)c1cc(N)c(F)cc1F. The van der Waals surface area contributed by atoms with E-state index in [2.05, 4.69) is 5.32 Å². The van der Waals surface area contributed by atoms with E-state index in [0.29, 0.717) is 12.6 Å². The number of carbonyl (C=O) groups excluding carboxylic acids is 1. The van der Waals surface area contributed by atoms with Crippen LogP contribution in [0.15, 0.2) is 12.1 Å². The molecule has 0 radical (unpaired) electrons. The lowest BCUT2D eigenvalue weighted by Crippen LogP contribution is -2.28. The molecule has 18 heavy (non-hydrogen) atoms. The molecule has 0 unspecified atom stereocenters. The van der Waals surface area contributed by atoms with Gasteiger partial charge in [-0.2, -0.15) is 0 Å². The van der Waals surface area contributed by atoms with Gasteiger partial charge in [-0.25, -0.2) is 8.78 Å². The average Bonchev–Trinajstić information content (AvgIpc) is 2.28. The van der Waals surface area contributed by atoms with Crippen LogP contribution in [-0.4, -0.2) is 38.0 Å². The highest BCUT2D eigenvalue weighted by molar-refractivity contribution is 5.95. The number of anilines is 1. The monoisotopic (exact) mass is 257 g/mol. The van der Waals surface area contributed by atoms with Crippen LogP contribution in [-0.2, 0) is 0 Å². The molecule has 0 bridgehead atoms. The lowest BCUT2D eigenvalue weighted by atomic mass is 10.1. The van der Waals surface area contributed by atoms with Crippen molar-refractivity contribution in [3.8, 4) is 0 Å². The van der Waals surface area contributed by atoms with E-state index in [1.807, 2.05) is 19.0 Å². The Morgan fingerprint density at radius 3 is 2.61 bits per heavy atom. The van der Waals surface area contributed by atoms with E-state index < -0.39 is 17.5 Å². The number of carbonyl (C=O) groups is 1. The second kappa shape index (κ2) is 6.30. The van der Waals surface area contributed by atoms with Crippen LogP contribution in [0.4, 0.5) is 14.5 Å². The number of nitrogens with two attached hydrogens (primary N) is 1. The van der Waals surface area contributed by atoms with Crippen LogP contribution in [0.25, 0.3) is 0 Å². The Balaban J connectivity index is 2.59. The minimum absolute atomic E-state index is 0.237. The fourth-order valence-electron chi connectivity index (χ4n) is 1.43. The first-order valence-electron chi connectivity index (χ1n) is 5.59. The summed E-state index contributed by atoms with van der Waals surface area (Å²) in [6, 6.07) is 1.62. The molecule has 0 atom stereocenters. The second-order valence-corrected chi connectivity index (χ2v) is 4.27. The third-order valence-corrected chi connectivity index (χ3v) is 2.40. The number of nitrogens with one attached hydrogen (secondary N) is 1. The van der Waals surface area contributed by atoms with Gasteiger partial charge in [0.05, 0.1) is 11.3 Å². The predicted octanol–water partition coefficient (Wildman–Crippen LogP) is 1.23. The molecule has 1 amide bonds. The molecule has 0 saturated heterocycles. The van der Waals surface area contributed by atoms with Crippen molar-refractivity contribution in [2.75, 3.05) is 32.9 Å². The normalized spacial score (nSPS) is 10.7. The van der Waals surface area contributed by atoms with Gasteiger partial charge in [0.2, 0.25) is 0 Å². The molecule has 0 heterocycles. The van der Waals surface area contributed by atoms with Crippen LogP contribution in [0.3, 0.4) is 0 Å². The van der Waals surface area contributed by atoms with Crippen LogP contribution in [0.1, 0.15) is 16.8 Å². The molecule has 0 aliphatic heterocycles. The number of benzene rings is 1. The molecule has 0 fully saturated rings. The molecular formula is C12H17F2N3O. The van der Waals surface area contributed by atoms with Crippen LogP contribution in [0.2, 0.25) is 0 Å². The number of nitrogens with zero attached hydrogens (tertiary/aromatic N) is 1. The van der Waals surface area contributed by atoms with E-state index in [9.17, 15) is 13.6 Å². The maximum Gasteiger partial charge on any atom is 0.254 e. The number of hydrogen-bond acceptors (Lipinski definition) is 3. The summed E-state index contributed by atoms with van der Waals surface area (Å²) in [7, 11) is 3.84. The Morgan fingerprint density at radius 1 is 1.33 bits per heavy atom. The fraction of sp³-hybridized carbons (Fsp3) is 0.417. The van der Waals surface area contributed by atoms with Gasteiger partial charge >= 0.3 is 0 Å². The first-order valence-corrected chi connectivity index (χ1v) is 5.59. The summed E-state index contributed by atoms with van der Waals surface area (Å²) in [5.41, 5.74) is 4.82. The molecule has 0 spiro atoms. The summed E-state index contributed by atoms with van der Waals surface area (Å²) in [5.74, 6) is -2.36. The van der Waals surface area contributed by atoms with E-state index in [-0.39, 0.29) is 11.3 Å². The molecule has 1 aromatic carbocycles. The van der Waals surface area contributed by atoms with Crippen molar-refractivity contribution in [2.24, 2.45) is 0 Å². The largest absolute Gasteiger partial charge is 0.396 e. The first-order chi connectivity index (χ1) is 8.41. The smallest absolute Gasteiger partial charge is 0.254 e. The van der Waals surface area contributed by atoms with E-state index in [1.54, 1.807) is 0 Å². The van der Waals surface area contributed by atoms with E-state index >= 15 is 0 Å². The number of amides is 1. The number of nitrogen functional groups attached to an aromatic ring is 1. The molecule has 3 N–H and O–H groups in total. The minimum atomic E-state index is -0.910. The zero-order chi connectivity index (χ0) is 13.7. The molecule has 6 heteroatoms. The summed E-state index contributed by atoms with van der Waals surface area (Å²) in [6.07, 6.45) is 0.747. The van der Waals surface area contributed by atoms with Gasteiger partial charge < -0.3 is 16.0 Å². The Labute approximate surface area is 105 Å². The lowest BCUT2D eigenvalue weighted by molar-refractivity contribution is 0.0948. The summed E-state index contributed by atoms with van der Waals surface area (Å²) in [6.45, 7) is 1.24. The van der Waals surface area contributed by atoms with Crippen molar-refractivity contribution in [2.45, 2.75) is 6.42 Å². The highest BCUT2D eigenvalue weighted by atomic mass is 19.1. The number of hydrogen-bond donors (Lipinski definition) is 2. The van der Waals surface area contributed by atoms with Crippen molar-refractivity contribution in [1.29, 1.82) is 0 Å². The lowest BCUT2D eigenvalue weighted by Gasteiger charge is -2.10. The van der Waals surface area contributed by atoms with E-state index in [0.717, 1.165) is 19.0 Å². The maximum absolute atomic E-state index is 13.4. The van der Waals surface area contributed by atoms with Crippen LogP contribution < -0.4 is 11.1 Å². The fourth-order valence-corrected chi connectivity index (χ4v) is 1.43. The van der Waals surface area contributed by atoms with Crippen LogP contribution in [0.5, 0.6) is 0 Å². The van der Waals surface area contributed by atoms with Crippen LogP contribution >= 0.6 is 0 Å². The Bertz CT molecular complexity index is 436. The Morgan fingerprint density at radius 2 is 2.00 bits per heavy atom. The summed E-state index contributed by atoms with van der Waals surface area (Å²) in [5, 5.41) is 2.56. The molecular weight excluding hydrogens is 240 g/mol. The van der Waals surface area contributed by atoms with Crippen molar-refractivity contribution in [1.82, 2.24) is 10.2 Å². The average molecular weight is 257 g/mol. The standard InChI is InChI=1S/C12H17F2N3O/c1-17(2)5-3-4-16-12(18)8-6-11(15)10(14)7-9(8)13/h6-7H,3-5,15H2,1-2H3,(H,16,18). The minimum Gasteiger partial charge on any atom is -0.396 e. The van der Waals surface area contributed by atoms with E-state index in [4.69, 9.17) is 5.73 Å². The van der Waals surface area contributed by atoms with Gasteiger partial charge in [0.25, 0.3) is 5.91 Å². The zero-order valence-electron chi connectivity index (χ0n) is 10.5. The summed E-state index contributed by atoms with van der Waals surface area (Å²) < 4.78 is 26.3. The van der Waals surface area contributed by atoms with Gasteiger partial charge in [-0.05, 0) is 33.1 Å². The summed E-state index contributed by atoms with van der Waals surface area (Å²) >= 11 is 0. The third-order valence-electron chi connectivity index (χ3n) is 2.40. The van der Waals surface area contributed by atoms with Crippen molar-refractivity contribution >= 4 is 11.6 Å². The van der Waals surface area contributed by atoms with Crippen LogP contribution in [0, 0.1) is 11.6 Å². The summed E-state index contributed by atoms with van der Waals surface area (Å²) in [4.78, 5) is 13.6. The Hall–Kier alpha value is -1.69. The third kappa shape index (κ3) is 3.96. The maximum atomic E-state index is 13.4. The van der Waals surface area contributed by atoms with Gasteiger partial charge in [-0.1, -0.05) is 0 Å². The molecule has 0 aliphatic carbocycles. The highest BCUT2D eigenvalue weighted by Gasteiger charge is 2.14. The zero-order valence-corrected chi connectivity index (χ0v) is 10.5. The highest BCUT2D eigenvalue weighted by Crippen LogP contribution is 2.16. The Kier molecular flexibility index (Phi) is 5.03. The van der Waals surface area contributed by atoms with E-state index in [1.165, 1.54) is 0 Å².